The van der Waals surface area contributed by atoms with Gasteiger partial charge in [0.2, 0.25) is 11.8 Å². The molecule has 150 valence electrons. The molecular formula is C19H29N3O5. The fourth-order valence-electron chi connectivity index (χ4n) is 3.01. The number of nitrogens with one attached hydrogen (secondary N) is 2. The minimum Gasteiger partial charge on any atom is -0.497 e. The van der Waals surface area contributed by atoms with Gasteiger partial charge >= 0.3 is 0 Å². The molecule has 3 N–H and O–H groups in total. The van der Waals surface area contributed by atoms with Crippen LogP contribution >= 0.6 is 0 Å². The molecule has 0 bridgehead atoms. The summed E-state index contributed by atoms with van der Waals surface area (Å²) in [6.07, 6.45) is 0.0242. The van der Waals surface area contributed by atoms with Crippen LogP contribution in [0, 0.1) is 0 Å². The number of piperazine rings is 1. The van der Waals surface area contributed by atoms with E-state index in [-0.39, 0.29) is 24.8 Å². The zero-order valence-corrected chi connectivity index (χ0v) is 16.4. The molecular weight excluding hydrogens is 350 g/mol. The van der Waals surface area contributed by atoms with Crippen LogP contribution in [0.2, 0.25) is 0 Å². The van der Waals surface area contributed by atoms with E-state index in [1.807, 2.05) is 17.0 Å². The van der Waals surface area contributed by atoms with Crippen LogP contribution in [-0.4, -0.2) is 67.3 Å². The number of ether oxygens (including phenoxy) is 2. The van der Waals surface area contributed by atoms with E-state index in [4.69, 9.17) is 9.47 Å². The lowest BCUT2D eigenvalue weighted by Crippen LogP contribution is -2.57. The van der Waals surface area contributed by atoms with E-state index in [0.29, 0.717) is 31.1 Å². The lowest BCUT2D eigenvalue weighted by atomic mass is 10.0. The molecule has 0 saturated carbocycles. The number of aliphatic hydroxyl groups excluding tert-OH is 1. The molecule has 1 fully saturated rings. The molecule has 0 spiro atoms. The summed E-state index contributed by atoms with van der Waals surface area (Å²) in [5.74, 6) is 0.895. The molecule has 1 aromatic carbocycles. The van der Waals surface area contributed by atoms with Crippen LogP contribution in [0.4, 0.5) is 0 Å². The van der Waals surface area contributed by atoms with Crippen molar-refractivity contribution >= 4 is 11.8 Å². The third kappa shape index (κ3) is 5.83. The number of aliphatic hydroxyl groups is 1. The van der Waals surface area contributed by atoms with Gasteiger partial charge < -0.3 is 25.2 Å². The van der Waals surface area contributed by atoms with E-state index in [2.05, 4.69) is 10.6 Å². The predicted molar refractivity (Wildman–Crippen MR) is 101 cm³/mol. The highest BCUT2D eigenvalue weighted by molar-refractivity contribution is 5.89. The summed E-state index contributed by atoms with van der Waals surface area (Å²) in [4.78, 5) is 26.7. The van der Waals surface area contributed by atoms with E-state index in [1.165, 1.54) is 0 Å². The number of carbonyl (C=O) groups is 2. The highest BCUT2D eigenvalue weighted by atomic mass is 16.5. The second-order valence-corrected chi connectivity index (χ2v) is 7.29. The van der Waals surface area contributed by atoms with Crippen LogP contribution < -0.4 is 20.1 Å². The van der Waals surface area contributed by atoms with Crippen molar-refractivity contribution in [2.75, 3.05) is 33.9 Å². The normalized spacial score (nSPS) is 18.0. The van der Waals surface area contributed by atoms with Crippen molar-refractivity contribution in [1.29, 1.82) is 0 Å². The Labute approximate surface area is 159 Å². The Morgan fingerprint density at radius 3 is 2.48 bits per heavy atom. The van der Waals surface area contributed by atoms with Crippen LogP contribution in [0.25, 0.3) is 0 Å². The van der Waals surface area contributed by atoms with Crippen molar-refractivity contribution in [3.63, 3.8) is 0 Å². The molecule has 8 heteroatoms. The van der Waals surface area contributed by atoms with Gasteiger partial charge in [-0.15, -0.1) is 0 Å². The Bertz CT molecular complexity index is 655. The monoisotopic (exact) mass is 379 g/mol. The molecule has 8 nitrogen and oxygen atoms in total. The second-order valence-electron chi connectivity index (χ2n) is 7.29. The Hall–Kier alpha value is -2.32. The summed E-state index contributed by atoms with van der Waals surface area (Å²) < 4.78 is 10.6. The fourth-order valence-corrected chi connectivity index (χ4v) is 3.01. The molecule has 1 saturated heterocycles. The van der Waals surface area contributed by atoms with Crippen molar-refractivity contribution in [2.24, 2.45) is 0 Å². The number of carbonyl (C=O) groups excluding carboxylic acids is 2. The largest absolute Gasteiger partial charge is 0.497 e. The van der Waals surface area contributed by atoms with Crippen LogP contribution in [-0.2, 0) is 16.1 Å². The van der Waals surface area contributed by atoms with Crippen molar-refractivity contribution in [3.05, 3.63) is 23.8 Å². The summed E-state index contributed by atoms with van der Waals surface area (Å²) in [5, 5.41) is 14.9. The third-order valence-corrected chi connectivity index (χ3v) is 4.49. The molecule has 2 amide bonds. The standard InChI is InChI=1S/C19H29N3O5/c1-19(2,12-23)21-17(24)10-16-18(25)20-5-6-22(16)11-13-7-14(26-3)9-15(8-13)27-4/h7-9,16,23H,5-6,10-12H2,1-4H3,(H,20,25)(H,21,24)/t16-/m1/s1. The zero-order chi connectivity index (χ0) is 20.0. The first kappa shape index (κ1) is 21.0. The van der Waals surface area contributed by atoms with Gasteiger partial charge in [0.15, 0.2) is 0 Å². The molecule has 2 rings (SSSR count). The number of benzene rings is 1. The van der Waals surface area contributed by atoms with E-state index in [0.717, 1.165) is 5.56 Å². The SMILES string of the molecule is COc1cc(CN2CCNC(=O)[C@H]2CC(=O)NC(C)(C)CO)cc(OC)c1. The summed E-state index contributed by atoms with van der Waals surface area (Å²) in [7, 11) is 3.17. The number of hydrogen-bond donors (Lipinski definition) is 3. The zero-order valence-electron chi connectivity index (χ0n) is 16.4. The molecule has 0 aliphatic carbocycles. The molecule has 27 heavy (non-hydrogen) atoms. The van der Waals surface area contributed by atoms with E-state index < -0.39 is 11.6 Å². The van der Waals surface area contributed by atoms with Gasteiger partial charge in [0.05, 0.1) is 38.8 Å². The van der Waals surface area contributed by atoms with Crippen LogP contribution in [0.3, 0.4) is 0 Å². The lowest BCUT2D eigenvalue weighted by Gasteiger charge is -2.35. The predicted octanol–water partition coefficient (Wildman–Crippen LogP) is 0.281. The van der Waals surface area contributed by atoms with Gasteiger partial charge in [-0.25, -0.2) is 0 Å². The smallest absolute Gasteiger partial charge is 0.237 e. The maximum atomic E-state index is 12.4. The third-order valence-electron chi connectivity index (χ3n) is 4.49. The maximum absolute atomic E-state index is 12.4. The van der Waals surface area contributed by atoms with E-state index in [1.54, 1.807) is 34.1 Å². The first-order chi connectivity index (χ1) is 12.8. The topological polar surface area (TPSA) is 100 Å². The Kier molecular flexibility index (Phi) is 7.04. The first-order valence-corrected chi connectivity index (χ1v) is 8.93. The Morgan fingerprint density at radius 1 is 1.30 bits per heavy atom. The highest BCUT2D eigenvalue weighted by Gasteiger charge is 2.33. The highest BCUT2D eigenvalue weighted by Crippen LogP contribution is 2.24. The molecule has 1 aliphatic rings. The summed E-state index contributed by atoms with van der Waals surface area (Å²) >= 11 is 0. The van der Waals surface area contributed by atoms with Gasteiger partial charge in [0.25, 0.3) is 0 Å². The number of amides is 2. The summed E-state index contributed by atoms with van der Waals surface area (Å²) in [5.41, 5.74) is 0.203. The fraction of sp³-hybridized carbons (Fsp3) is 0.579. The molecule has 1 heterocycles. The number of methoxy groups -OCH3 is 2. The number of nitrogens with zero attached hydrogens (tertiary/aromatic N) is 1. The van der Waals surface area contributed by atoms with Gasteiger partial charge in [-0.2, -0.15) is 0 Å². The summed E-state index contributed by atoms with van der Waals surface area (Å²) in [6.45, 7) is 4.93. The molecule has 1 aliphatic heterocycles. The van der Waals surface area contributed by atoms with Crippen molar-refractivity contribution < 1.29 is 24.2 Å². The molecule has 0 unspecified atom stereocenters. The average Bonchev–Trinajstić information content (AvgIpc) is 2.63. The summed E-state index contributed by atoms with van der Waals surface area (Å²) in [6, 6.07) is 4.99. The second kappa shape index (κ2) is 9.05. The maximum Gasteiger partial charge on any atom is 0.237 e. The first-order valence-electron chi connectivity index (χ1n) is 8.93. The van der Waals surface area contributed by atoms with E-state index >= 15 is 0 Å². The van der Waals surface area contributed by atoms with Gasteiger partial charge in [0.1, 0.15) is 11.5 Å². The molecule has 1 atom stereocenters. The van der Waals surface area contributed by atoms with Crippen LogP contribution in [0.5, 0.6) is 11.5 Å². The minimum atomic E-state index is -0.729. The van der Waals surface area contributed by atoms with Gasteiger partial charge in [0, 0.05) is 25.7 Å². The average molecular weight is 379 g/mol. The van der Waals surface area contributed by atoms with Crippen molar-refractivity contribution in [1.82, 2.24) is 15.5 Å². The van der Waals surface area contributed by atoms with Gasteiger partial charge in [-0.3, -0.25) is 14.5 Å². The Balaban J connectivity index is 2.14. The minimum absolute atomic E-state index is 0.0242. The lowest BCUT2D eigenvalue weighted by molar-refractivity contribution is -0.135. The molecule has 0 radical (unpaired) electrons. The van der Waals surface area contributed by atoms with Crippen LogP contribution in [0.1, 0.15) is 25.8 Å². The van der Waals surface area contributed by atoms with Crippen molar-refractivity contribution in [2.45, 2.75) is 38.4 Å². The molecule has 0 aromatic heterocycles. The number of hydrogen-bond acceptors (Lipinski definition) is 6. The van der Waals surface area contributed by atoms with Gasteiger partial charge in [-0.1, -0.05) is 0 Å². The number of rotatable bonds is 8. The van der Waals surface area contributed by atoms with Crippen molar-refractivity contribution in [3.8, 4) is 11.5 Å². The molecule has 1 aromatic rings. The van der Waals surface area contributed by atoms with E-state index in [9.17, 15) is 14.7 Å². The Morgan fingerprint density at radius 2 is 1.93 bits per heavy atom. The quantitative estimate of drug-likeness (QED) is 0.600. The van der Waals surface area contributed by atoms with Crippen LogP contribution in [0.15, 0.2) is 18.2 Å². The van der Waals surface area contributed by atoms with Gasteiger partial charge in [-0.05, 0) is 31.5 Å².